The zero-order valence-corrected chi connectivity index (χ0v) is 10.4. The molecule has 6 nitrogen and oxygen atoms in total. The van der Waals surface area contributed by atoms with E-state index >= 15 is 0 Å². The third kappa shape index (κ3) is 3.18. The fraction of sp³-hybridized carbons (Fsp3) is 0.727. The van der Waals surface area contributed by atoms with E-state index in [9.17, 15) is 0 Å². The minimum Gasteiger partial charge on any atom is -0.464 e. The Morgan fingerprint density at radius 2 is 2.06 bits per heavy atom. The van der Waals surface area contributed by atoms with Crippen LogP contribution in [-0.4, -0.2) is 34.6 Å². The molecule has 1 aromatic rings. The van der Waals surface area contributed by atoms with Crippen molar-refractivity contribution in [3.8, 4) is 6.01 Å². The largest absolute Gasteiger partial charge is 0.464 e. The van der Waals surface area contributed by atoms with Gasteiger partial charge >= 0.3 is 6.01 Å². The van der Waals surface area contributed by atoms with Crippen LogP contribution >= 0.6 is 0 Å². The summed E-state index contributed by atoms with van der Waals surface area (Å²) >= 11 is 0. The third-order valence-electron chi connectivity index (χ3n) is 2.73. The summed E-state index contributed by atoms with van der Waals surface area (Å²) in [4.78, 5) is 14.5. The number of aromatic nitrogens is 3. The lowest BCUT2D eigenvalue weighted by Gasteiger charge is -2.20. The number of nitrogen functional groups attached to an aromatic ring is 1. The fourth-order valence-electron chi connectivity index (χ4n) is 1.66. The predicted octanol–water partition coefficient (Wildman–Crippen LogP) is 1.09. The molecule has 0 radical (unpaired) electrons. The Bertz CT molecular complexity index is 380. The van der Waals surface area contributed by atoms with Crippen molar-refractivity contribution in [3.63, 3.8) is 0 Å². The number of ether oxygens (including phenoxy) is 1. The molecule has 0 aliphatic heterocycles. The second-order valence-corrected chi connectivity index (χ2v) is 4.19. The van der Waals surface area contributed by atoms with E-state index < -0.39 is 0 Å². The van der Waals surface area contributed by atoms with Crippen LogP contribution in [0.3, 0.4) is 0 Å². The molecule has 0 amide bonds. The van der Waals surface area contributed by atoms with Crippen LogP contribution in [0.1, 0.15) is 26.7 Å². The Balaban J connectivity index is 2.15. The topological polar surface area (TPSA) is 77.2 Å². The lowest BCUT2D eigenvalue weighted by molar-refractivity contribution is 0.312. The Hall–Kier alpha value is -1.59. The van der Waals surface area contributed by atoms with Crippen LogP contribution in [-0.2, 0) is 0 Å². The van der Waals surface area contributed by atoms with Crippen LogP contribution in [0, 0.1) is 5.92 Å². The maximum atomic E-state index is 5.66. The number of anilines is 2. The van der Waals surface area contributed by atoms with Crippen LogP contribution in [0.2, 0.25) is 0 Å². The molecule has 1 aliphatic carbocycles. The molecular weight excluding hydrogens is 218 g/mol. The number of nitrogens with zero attached hydrogens (tertiary/aromatic N) is 4. The summed E-state index contributed by atoms with van der Waals surface area (Å²) in [5.41, 5.74) is 5.66. The molecule has 6 heteroatoms. The second-order valence-electron chi connectivity index (χ2n) is 4.19. The zero-order chi connectivity index (χ0) is 12.3. The summed E-state index contributed by atoms with van der Waals surface area (Å²) in [5, 5.41) is 0. The van der Waals surface area contributed by atoms with Crippen molar-refractivity contribution in [2.24, 2.45) is 5.92 Å². The molecule has 1 fully saturated rings. The Labute approximate surface area is 101 Å². The molecule has 0 saturated heterocycles. The number of hydrogen-bond donors (Lipinski definition) is 1. The molecule has 1 aliphatic rings. The first kappa shape index (κ1) is 11.9. The highest BCUT2D eigenvalue weighted by molar-refractivity contribution is 5.36. The van der Waals surface area contributed by atoms with Crippen molar-refractivity contribution in [2.45, 2.75) is 26.7 Å². The first-order valence-electron chi connectivity index (χ1n) is 6.12. The highest BCUT2D eigenvalue weighted by atomic mass is 16.5. The van der Waals surface area contributed by atoms with Gasteiger partial charge in [-0.2, -0.15) is 15.0 Å². The summed E-state index contributed by atoms with van der Waals surface area (Å²) in [6.45, 7) is 6.36. The van der Waals surface area contributed by atoms with Crippen molar-refractivity contribution < 1.29 is 4.74 Å². The molecule has 0 spiro atoms. The molecule has 2 rings (SSSR count). The van der Waals surface area contributed by atoms with Crippen molar-refractivity contribution >= 4 is 11.9 Å². The maximum absolute atomic E-state index is 5.66. The van der Waals surface area contributed by atoms with E-state index in [1.165, 1.54) is 12.8 Å². The van der Waals surface area contributed by atoms with Gasteiger partial charge in [0.2, 0.25) is 11.9 Å². The van der Waals surface area contributed by atoms with Crippen molar-refractivity contribution in [2.75, 3.05) is 30.3 Å². The Kier molecular flexibility index (Phi) is 3.61. The molecule has 1 saturated carbocycles. The molecule has 1 aromatic heterocycles. The SMILES string of the molecule is CCOc1nc(N)nc(N(CC)CC2CC2)n1. The van der Waals surface area contributed by atoms with Gasteiger partial charge in [0.25, 0.3) is 0 Å². The smallest absolute Gasteiger partial charge is 0.323 e. The highest BCUT2D eigenvalue weighted by Gasteiger charge is 2.25. The van der Waals surface area contributed by atoms with Crippen LogP contribution in [0.4, 0.5) is 11.9 Å². The van der Waals surface area contributed by atoms with Crippen LogP contribution in [0.15, 0.2) is 0 Å². The minimum absolute atomic E-state index is 0.215. The van der Waals surface area contributed by atoms with Crippen LogP contribution < -0.4 is 15.4 Å². The molecule has 0 unspecified atom stereocenters. The van der Waals surface area contributed by atoms with E-state index in [1.54, 1.807) is 0 Å². The van der Waals surface area contributed by atoms with E-state index in [4.69, 9.17) is 10.5 Å². The van der Waals surface area contributed by atoms with Crippen molar-refractivity contribution in [3.05, 3.63) is 0 Å². The fourth-order valence-corrected chi connectivity index (χ4v) is 1.66. The molecule has 2 N–H and O–H groups in total. The van der Waals surface area contributed by atoms with Gasteiger partial charge in [-0.1, -0.05) is 0 Å². The van der Waals surface area contributed by atoms with E-state index in [-0.39, 0.29) is 5.95 Å². The molecule has 0 bridgehead atoms. The van der Waals surface area contributed by atoms with E-state index in [0.29, 0.717) is 18.6 Å². The van der Waals surface area contributed by atoms with Gasteiger partial charge in [-0.25, -0.2) is 0 Å². The number of rotatable bonds is 6. The van der Waals surface area contributed by atoms with E-state index in [1.807, 2.05) is 6.92 Å². The van der Waals surface area contributed by atoms with Crippen LogP contribution in [0.25, 0.3) is 0 Å². The minimum atomic E-state index is 0.215. The summed E-state index contributed by atoms with van der Waals surface area (Å²) < 4.78 is 5.27. The van der Waals surface area contributed by atoms with Crippen molar-refractivity contribution in [1.29, 1.82) is 0 Å². The lowest BCUT2D eigenvalue weighted by Crippen LogP contribution is -2.27. The normalized spacial score (nSPS) is 14.7. The molecule has 0 aromatic carbocycles. The van der Waals surface area contributed by atoms with E-state index in [2.05, 4.69) is 26.8 Å². The van der Waals surface area contributed by atoms with Gasteiger partial charge in [0, 0.05) is 13.1 Å². The monoisotopic (exact) mass is 237 g/mol. The van der Waals surface area contributed by atoms with Gasteiger partial charge in [-0.15, -0.1) is 0 Å². The number of nitrogens with two attached hydrogens (primary N) is 1. The standard InChI is InChI=1S/C11H19N5O/c1-3-16(7-8-5-6-8)10-13-9(12)14-11(15-10)17-4-2/h8H,3-7H2,1-2H3,(H2,12,13,14,15). The zero-order valence-electron chi connectivity index (χ0n) is 10.4. The summed E-state index contributed by atoms with van der Waals surface area (Å²) in [6, 6.07) is 0.309. The Morgan fingerprint density at radius 1 is 1.29 bits per heavy atom. The summed E-state index contributed by atoms with van der Waals surface area (Å²) in [5.74, 6) is 1.62. The van der Waals surface area contributed by atoms with Gasteiger partial charge < -0.3 is 15.4 Å². The third-order valence-corrected chi connectivity index (χ3v) is 2.73. The molecule has 17 heavy (non-hydrogen) atoms. The quantitative estimate of drug-likeness (QED) is 0.798. The van der Waals surface area contributed by atoms with Gasteiger partial charge in [-0.05, 0) is 32.6 Å². The van der Waals surface area contributed by atoms with Gasteiger partial charge in [-0.3, -0.25) is 0 Å². The molecule has 94 valence electrons. The van der Waals surface area contributed by atoms with Gasteiger partial charge in [0.15, 0.2) is 0 Å². The first-order valence-corrected chi connectivity index (χ1v) is 6.12. The number of hydrogen-bond acceptors (Lipinski definition) is 6. The molecule has 1 heterocycles. The summed E-state index contributed by atoms with van der Waals surface area (Å²) in [7, 11) is 0. The average Bonchev–Trinajstić information content (AvgIpc) is 3.09. The first-order chi connectivity index (χ1) is 8.22. The summed E-state index contributed by atoms with van der Waals surface area (Å²) in [6.07, 6.45) is 2.60. The second kappa shape index (κ2) is 5.16. The van der Waals surface area contributed by atoms with Gasteiger partial charge in [0.1, 0.15) is 0 Å². The predicted molar refractivity (Wildman–Crippen MR) is 66.0 cm³/mol. The van der Waals surface area contributed by atoms with E-state index in [0.717, 1.165) is 19.0 Å². The van der Waals surface area contributed by atoms with Gasteiger partial charge in [0.05, 0.1) is 6.61 Å². The maximum Gasteiger partial charge on any atom is 0.323 e. The van der Waals surface area contributed by atoms with Crippen molar-refractivity contribution in [1.82, 2.24) is 15.0 Å². The lowest BCUT2D eigenvalue weighted by atomic mass is 10.4. The highest BCUT2D eigenvalue weighted by Crippen LogP contribution is 2.30. The molecular formula is C11H19N5O. The van der Waals surface area contributed by atoms with Crippen LogP contribution in [0.5, 0.6) is 6.01 Å². The average molecular weight is 237 g/mol. The Morgan fingerprint density at radius 3 is 2.65 bits per heavy atom. The molecule has 0 atom stereocenters.